The van der Waals surface area contributed by atoms with E-state index in [-0.39, 0.29) is 5.91 Å². The number of nitrogens with one attached hydrogen (secondary N) is 1. The number of hydrogen-bond donors (Lipinski definition) is 1. The Kier molecular flexibility index (Phi) is 5.85. The quantitative estimate of drug-likeness (QED) is 0.763. The Bertz CT molecular complexity index is 445. The molecule has 19 heavy (non-hydrogen) atoms. The van der Waals surface area contributed by atoms with Crippen LogP contribution in [0.4, 0.5) is 0 Å². The lowest BCUT2D eigenvalue weighted by Crippen LogP contribution is -2.33. The summed E-state index contributed by atoms with van der Waals surface area (Å²) in [6.45, 7) is 4.21. The molecule has 0 saturated carbocycles. The molecule has 1 atom stereocenters. The standard InChI is InChI=1S/C14H19NO4/c1-4-7-18-12-6-5-11(9-16)13(8-12)19-10(2)14(17)15-3/h5-6,8-10H,4,7H2,1-3H3,(H,15,17). The molecule has 0 heterocycles. The zero-order chi connectivity index (χ0) is 14.3. The van der Waals surface area contributed by atoms with Crippen LogP contribution in [0, 0.1) is 0 Å². The minimum atomic E-state index is -0.676. The van der Waals surface area contributed by atoms with E-state index in [1.165, 1.54) is 7.05 Å². The van der Waals surface area contributed by atoms with E-state index in [1.807, 2.05) is 6.92 Å². The van der Waals surface area contributed by atoms with Crippen molar-refractivity contribution in [3.63, 3.8) is 0 Å². The first-order valence-electron chi connectivity index (χ1n) is 6.22. The molecule has 5 heteroatoms. The topological polar surface area (TPSA) is 64.6 Å². The molecule has 1 N–H and O–H groups in total. The lowest BCUT2D eigenvalue weighted by molar-refractivity contribution is -0.126. The Morgan fingerprint density at radius 3 is 2.79 bits per heavy atom. The van der Waals surface area contributed by atoms with Gasteiger partial charge in [0.05, 0.1) is 12.2 Å². The summed E-state index contributed by atoms with van der Waals surface area (Å²) >= 11 is 0. The van der Waals surface area contributed by atoms with Gasteiger partial charge in [0, 0.05) is 13.1 Å². The Morgan fingerprint density at radius 2 is 2.21 bits per heavy atom. The van der Waals surface area contributed by atoms with Gasteiger partial charge in [0.2, 0.25) is 0 Å². The van der Waals surface area contributed by atoms with E-state index < -0.39 is 6.10 Å². The fourth-order valence-corrected chi connectivity index (χ4v) is 1.47. The van der Waals surface area contributed by atoms with Gasteiger partial charge in [-0.25, -0.2) is 0 Å². The molecule has 1 rings (SSSR count). The highest BCUT2D eigenvalue weighted by atomic mass is 16.5. The van der Waals surface area contributed by atoms with Crippen molar-refractivity contribution in [1.29, 1.82) is 0 Å². The number of benzene rings is 1. The number of hydrogen-bond acceptors (Lipinski definition) is 4. The fraction of sp³-hybridized carbons (Fsp3) is 0.429. The molecule has 0 fully saturated rings. The Balaban J connectivity index is 2.89. The average molecular weight is 265 g/mol. The van der Waals surface area contributed by atoms with Gasteiger partial charge < -0.3 is 14.8 Å². The van der Waals surface area contributed by atoms with Crippen LogP contribution in [0.3, 0.4) is 0 Å². The molecule has 0 bridgehead atoms. The van der Waals surface area contributed by atoms with Crippen molar-refractivity contribution in [2.24, 2.45) is 0 Å². The van der Waals surface area contributed by atoms with Gasteiger partial charge in [-0.1, -0.05) is 6.92 Å². The monoisotopic (exact) mass is 265 g/mol. The molecule has 0 saturated heterocycles. The lowest BCUT2D eigenvalue weighted by atomic mass is 10.2. The highest BCUT2D eigenvalue weighted by Gasteiger charge is 2.15. The maximum Gasteiger partial charge on any atom is 0.260 e. The zero-order valence-corrected chi connectivity index (χ0v) is 11.4. The Labute approximate surface area is 112 Å². The van der Waals surface area contributed by atoms with Crippen molar-refractivity contribution in [2.45, 2.75) is 26.4 Å². The van der Waals surface area contributed by atoms with E-state index in [9.17, 15) is 9.59 Å². The van der Waals surface area contributed by atoms with E-state index in [0.717, 1.165) is 6.42 Å². The van der Waals surface area contributed by atoms with Gasteiger partial charge >= 0.3 is 0 Å². The van der Waals surface area contributed by atoms with Crippen molar-refractivity contribution in [1.82, 2.24) is 5.32 Å². The zero-order valence-electron chi connectivity index (χ0n) is 11.4. The smallest absolute Gasteiger partial charge is 0.260 e. The fourth-order valence-electron chi connectivity index (χ4n) is 1.47. The number of likely N-dealkylation sites (N-methyl/N-ethyl adjacent to an activating group) is 1. The molecule has 0 radical (unpaired) electrons. The molecule has 1 aromatic carbocycles. The first-order chi connectivity index (χ1) is 9.12. The van der Waals surface area contributed by atoms with E-state index in [4.69, 9.17) is 9.47 Å². The van der Waals surface area contributed by atoms with Crippen molar-refractivity contribution >= 4 is 12.2 Å². The minimum absolute atomic E-state index is 0.253. The third kappa shape index (κ3) is 4.28. The molecule has 1 aromatic rings. The van der Waals surface area contributed by atoms with Crippen molar-refractivity contribution in [2.75, 3.05) is 13.7 Å². The van der Waals surface area contributed by atoms with E-state index >= 15 is 0 Å². The SMILES string of the molecule is CCCOc1ccc(C=O)c(OC(C)C(=O)NC)c1. The van der Waals surface area contributed by atoms with Crippen LogP contribution in [0.25, 0.3) is 0 Å². The average Bonchev–Trinajstić information content (AvgIpc) is 2.44. The molecule has 0 aliphatic rings. The number of carbonyl (C=O) groups is 2. The van der Waals surface area contributed by atoms with Crippen LogP contribution >= 0.6 is 0 Å². The largest absolute Gasteiger partial charge is 0.493 e. The molecular weight excluding hydrogens is 246 g/mol. The Hall–Kier alpha value is -2.04. The normalized spacial score (nSPS) is 11.5. The van der Waals surface area contributed by atoms with Crippen LogP contribution in [-0.4, -0.2) is 32.0 Å². The predicted molar refractivity (Wildman–Crippen MR) is 71.8 cm³/mol. The second-order valence-electron chi connectivity index (χ2n) is 4.04. The van der Waals surface area contributed by atoms with E-state index in [1.54, 1.807) is 25.1 Å². The summed E-state index contributed by atoms with van der Waals surface area (Å²) in [6, 6.07) is 4.94. The molecule has 104 valence electrons. The first-order valence-corrected chi connectivity index (χ1v) is 6.22. The molecule has 0 aliphatic carbocycles. The van der Waals surface area contributed by atoms with Crippen LogP contribution in [0.2, 0.25) is 0 Å². The van der Waals surface area contributed by atoms with Gasteiger partial charge in [-0.05, 0) is 25.5 Å². The van der Waals surface area contributed by atoms with Crippen molar-refractivity contribution < 1.29 is 19.1 Å². The molecule has 5 nitrogen and oxygen atoms in total. The Morgan fingerprint density at radius 1 is 1.47 bits per heavy atom. The lowest BCUT2D eigenvalue weighted by Gasteiger charge is -2.15. The molecule has 1 amide bonds. The van der Waals surface area contributed by atoms with E-state index in [2.05, 4.69) is 5.32 Å². The van der Waals surface area contributed by atoms with Gasteiger partial charge in [-0.15, -0.1) is 0 Å². The third-order valence-electron chi connectivity index (χ3n) is 2.50. The van der Waals surface area contributed by atoms with Crippen molar-refractivity contribution in [3.05, 3.63) is 23.8 Å². The van der Waals surface area contributed by atoms with Crippen LogP contribution in [0.5, 0.6) is 11.5 Å². The van der Waals surface area contributed by atoms with Gasteiger partial charge in [-0.3, -0.25) is 9.59 Å². The highest BCUT2D eigenvalue weighted by Crippen LogP contribution is 2.25. The summed E-state index contributed by atoms with van der Waals surface area (Å²) in [5.74, 6) is 0.711. The number of ether oxygens (including phenoxy) is 2. The molecule has 0 aromatic heterocycles. The van der Waals surface area contributed by atoms with Gasteiger partial charge in [0.1, 0.15) is 11.5 Å². The molecule has 0 aliphatic heterocycles. The summed E-state index contributed by atoms with van der Waals surface area (Å²) in [6.07, 6.45) is 0.903. The van der Waals surface area contributed by atoms with E-state index in [0.29, 0.717) is 30.0 Å². The molecule has 1 unspecified atom stereocenters. The van der Waals surface area contributed by atoms with Gasteiger partial charge in [0.25, 0.3) is 5.91 Å². The summed E-state index contributed by atoms with van der Waals surface area (Å²) in [7, 11) is 1.53. The second kappa shape index (κ2) is 7.41. The maximum atomic E-state index is 11.4. The summed E-state index contributed by atoms with van der Waals surface area (Å²) in [5.41, 5.74) is 0.389. The summed E-state index contributed by atoms with van der Waals surface area (Å²) < 4.78 is 11.0. The first kappa shape index (κ1) is 15.0. The molecular formula is C14H19NO4. The van der Waals surface area contributed by atoms with Crippen LogP contribution in [0.15, 0.2) is 18.2 Å². The third-order valence-corrected chi connectivity index (χ3v) is 2.50. The number of carbonyl (C=O) groups excluding carboxylic acids is 2. The predicted octanol–water partition coefficient (Wildman–Crippen LogP) is 1.80. The number of aldehydes is 1. The number of amides is 1. The second-order valence-corrected chi connectivity index (χ2v) is 4.04. The number of rotatable bonds is 7. The van der Waals surface area contributed by atoms with Crippen molar-refractivity contribution in [3.8, 4) is 11.5 Å². The maximum absolute atomic E-state index is 11.4. The highest BCUT2D eigenvalue weighted by molar-refractivity contribution is 5.82. The molecule has 0 spiro atoms. The summed E-state index contributed by atoms with van der Waals surface area (Å²) in [4.78, 5) is 22.4. The van der Waals surface area contributed by atoms with Crippen LogP contribution in [-0.2, 0) is 4.79 Å². The summed E-state index contributed by atoms with van der Waals surface area (Å²) in [5, 5.41) is 2.49. The van der Waals surface area contributed by atoms with Gasteiger partial charge in [0.15, 0.2) is 12.4 Å². The van der Waals surface area contributed by atoms with Crippen LogP contribution < -0.4 is 14.8 Å². The minimum Gasteiger partial charge on any atom is -0.493 e. The van der Waals surface area contributed by atoms with Gasteiger partial charge in [-0.2, -0.15) is 0 Å². The van der Waals surface area contributed by atoms with Crippen LogP contribution in [0.1, 0.15) is 30.6 Å².